The van der Waals surface area contributed by atoms with E-state index in [4.69, 9.17) is 15.7 Å². The summed E-state index contributed by atoms with van der Waals surface area (Å²) in [5.41, 5.74) is 6.29. The largest absolute Gasteiger partial charge is 0.449 e. The third kappa shape index (κ3) is 4.87. The Morgan fingerprint density at radius 3 is 2.58 bits per heavy atom. The Bertz CT molecular complexity index is 432. The van der Waals surface area contributed by atoms with E-state index in [0.717, 1.165) is 0 Å². The molecule has 0 aliphatic rings. The second-order valence-electron chi connectivity index (χ2n) is 4.51. The quantitative estimate of drug-likeness (QED) is 0.327. The molecule has 0 heterocycles. The van der Waals surface area contributed by atoms with Crippen LogP contribution in [-0.2, 0) is 4.74 Å². The summed E-state index contributed by atoms with van der Waals surface area (Å²) in [6.45, 7) is 4.18. The zero-order valence-corrected chi connectivity index (χ0v) is 11.0. The van der Waals surface area contributed by atoms with Crippen molar-refractivity contribution in [2.45, 2.75) is 19.9 Å². The summed E-state index contributed by atoms with van der Waals surface area (Å²) in [6, 6.07) is 8.26. The van der Waals surface area contributed by atoms with Gasteiger partial charge in [-0.15, -0.1) is 0 Å². The first-order chi connectivity index (χ1) is 9.04. The Kier molecular flexibility index (Phi) is 5.66. The summed E-state index contributed by atoms with van der Waals surface area (Å²) in [5.74, 6) is 0.137. The second kappa shape index (κ2) is 7.25. The number of nitrogens with two attached hydrogens (primary N) is 1. The van der Waals surface area contributed by atoms with Gasteiger partial charge in [0, 0.05) is 0 Å². The molecule has 0 saturated carbocycles. The molecule has 0 aromatic heterocycles. The molecule has 0 fully saturated rings. The lowest BCUT2D eigenvalue weighted by atomic mass is 10.1. The number of carbonyl (C=O) groups excluding carboxylic acids is 1. The fraction of sp³-hybridized carbons (Fsp3) is 0.385. The van der Waals surface area contributed by atoms with E-state index in [9.17, 15) is 4.79 Å². The van der Waals surface area contributed by atoms with Crippen molar-refractivity contribution in [3.63, 3.8) is 0 Å². The number of carbonyl (C=O) groups is 1. The highest BCUT2D eigenvalue weighted by molar-refractivity contribution is 5.89. The normalized spacial score (nSPS) is 13.1. The van der Waals surface area contributed by atoms with Gasteiger partial charge in [0.2, 0.25) is 0 Å². The Morgan fingerprint density at radius 1 is 1.42 bits per heavy atom. The monoisotopic (exact) mass is 265 g/mol. The van der Waals surface area contributed by atoms with Crippen LogP contribution in [0.2, 0.25) is 0 Å². The van der Waals surface area contributed by atoms with Crippen LogP contribution in [0.15, 0.2) is 35.5 Å². The Morgan fingerprint density at radius 2 is 2.05 bits per heavy atom. The number of hydrogen-bond acceptors (Lipinski definition) is 4. The van der Waals surface area contributed by atoms with E-state index in [1.54, 1.807) is 24.3 Å². The predicted octanol–water partition coefficient (Wildman–Crippen LogP) is 1.86. The Hall–Kier alpha value is -2.24. The third-order valence-corrected chi connectivity index (χ3v) is 2.35. The minimum absolute atomic E-state index is 0.104. The number of hydrogen-bond donors (Lipinski definition) is 3. The smallest absolute Gasteiger partial charge is 0.408 e. The van der Waals surface area contributed by atoms with Crippen LogP contribution in [0.25, 0.3) is 0 Å². The zero-order valence-electron chi connectivity index (χ0n) is 11.0. The summed E-state index contributed by atoms with van der Waals surface area (Å²) in [4.78, 5) is 11.6. The van der Waals surface area contributed by atoms with Crippen LogP contribution >= 0.6 is 0 Å². The molecule has 1 unspecified atom stereocenters. The van der Waals surface area contributed by atoms with Crippen LogP contribution in [0.5, 0.6) is 0 Å². The number of nitrogens with zero attached hydrogens (tertiary/aromatic N) is 1. The molecule has 1 aromatic rings. The standard InChI is InChI=1S/C13H19N3O3/c1-9(2)8-19-13(17)15-11(12(14)16-18)10-6-4-3-5-7-10/h3-7,9,11,18H,8H2,1-2H3,(H2,14,16)(H,15,17). The van der Waals surface area contributed by atoms with Gasteiger partial charge in [-0.2, -0.15) is 0 Å². The van der Waals surface area contributed by atoms with E-state index in [1.807, 2.05) is 19.9 Å². The number of ether oxygens (including phenoxy) is 1. The Balaban J connectivity index is 2.74. The van der Waals surface area contributed by atoms with Gasteiger partial charge in [0.25, 0.3) is 0 Å². The fourth-order valence-corrected chi connectivity index (χ4v) is 1.43. The number of oxime groups is 1. The van der Waals surface area contributed by atoms with E-state index in [1.165, 1.54) is 0 Å². The van der Waals surface area contributed by atoms with Crippen molar-refractivity contribution in [2.24, 2.45) is 16.8 Å². The van der Waals surface area contributed by atoms with E-state index in [2.05, 4.69) is 10.5 Å². The van der Waals surface area contributed by atoms with Crippen molar-refractivity contribution >= 4 is 11.9 Å². The van der Waals surface area contributed by atoms with Crippen molar-refractivity contribution in [2.75, 3.05) is 6.61 Å². The molecule has 6 heteroatoms. The van der Waals surface area contributed by atoms with Gasteiger partial charge in [-0.05, 0) is 11.5 Å². The van der Waals surface area contributed by atoms with Crippen LogP contribution in [0.1, 0.15) is 25.5 Å². The topological polar surface area (TPSA) is 96.9 Å². The molecular weight excluding hydrogens is 246 g/mol. The number of amidine groups is 1. The van der Waals surface area contributed by atoms with Crippen LogP contribution < -0.4 is 11.1 Å². The van der Waals surface area contributed by atoms with E-state index >= 15 is 0 Å². The summed E-state index contributed by atoms with van der Waals surface area (Å²) in [7, 11) is 0. The first-order valence-corrected chi connectivity index (χ1v) is 6.00. The van der Waals surface area contributed by atoms with Gasteiger partial charge in [-0.1, -0.05) is 49.3 Å². The van der Waals surface area contributed by atoms with Gasteiger partial charge >= 0.3 is 6.09 Å². The van der Waals surface area contributed by atoms with E-state index in [0.29, 0.717) is 12.2 Å². The van der Waals surface area contributed by atoms with Crippen LogP contribution in [-0.4, -0.2) is 23.7 Å². The van der Waals surface area contributed by atoms with Gasteiger partial charge in [-0.25, -0.2) is 4.79 Å². The first kappa shape index (κ1) is 14.8. The molecule has 4 N–H and O–H groups in total. The number of alkyl carbamates (subject to hydrolysis) is 1. The Labute approximate surface area is 112 Å². The lowest BCUT2D eigenvalue weighted by Gasteiger charge is -2.18. The minimum atomic E-state index is -0.717. The maximum Gasteiger partial charge on any atom is 0.408 e. The SMILES string of the molecule is CC(C)COC(=O)NC(/C(N)=N/O)c1ccccc1. The van der Waals surface area contributed by atoms with Gasteiger partial charge in [0.05, 0.1) is 6.61 Å². The summed E-state index contributed by atoms with van der Waals surface area (Å²) in [5, 5.41) is 14.3. The maximum atomic E-state index is 11.6. The van der Waals surface area contributed by atoms with Gasteiger partial charge in [-0.3, -0.25) is 0 Å². The van der Waals surface area contributed by atoms with Gasteiger partial charge in [0.15, 0.2) is 5.84 Å². The molecule has 104 valence electrons. The zero-order chi connectivity index (χ0) is 14.3. The highest BCUT2D eigenvalue weighted by Gasteiger charge is 2.19. The van der Waals surface area contributed by atoms with Crippen molar-refractivity contribution in [3.05, 3.63) is 35.9 Å². The predicted molar refractivity (Wildman–Crippen MR) is 71.9 cm³/mol. The molecule has 0 aliphatic carbocycles. The summed E-state index contributed by atoms with van der Waals surface area (Å²) < 4.78 is 5.01. The molecule has 0 radical (unpaired) electrons. The van der Waals surface area contributed by atoms with Gasteiger partial charge < -0.3 is 21.0 Å². The van der Waals surface area contributed by atoms with Crippen LogP contribution in [0, 0.1) is 5.92 Å². The molecular formula is C13H19N3O3. The minimum Gasteiger partial charge on any atom is -0.449 e. The molecule has 0 saturated heterocycles. The van der Waals surface area contributed by atoms with Gasteiger partial charge in [0.1, 0.15) is 6.04 Å². The molecule has 0 bridgehead atoms. The average Bonchev–Trinajstić information content (AvgIpc) is 2.42. The number of nitrogens with one attached hydrogen (secondary N) is 1. The summed E-state index contributed by atoms with van der Waals surface area (Å²) in [6.07, 6.45) is -0.603. The first-order valence-electron chi connectivity index (χ1n) is 6.00. The molecule has 0 aliphatic heterocycles. The number of rotatable bonds is 5. The molecule has 1 aromatic carbocycles. The highest BCUT2D eigenvalue weighted by Crippen LogP contribution is 2.13. The lowest BCUT2D eigenvalue weighted by Crippen LogP contribution is -2.38. The maximum absolute atomic E-state index is 11.6. The molecule has 19 heavy (non-hydrogen) atoms. The molecule has 0 spiro atoms. The lowest BCUT2D eigenvalue weighted by molar-refractivity contribution is 0.131. The third-order valence-electron chi connectivity index (χ3n) is 2.35. The molecule has 6 nitrogen and oxygen atoms in total. The average molecular weight is 265 g/mol. The van der Waals surface area contributed by atoms with Crippen molar-refractivity contribution < 1.29 is 14.7 Å². The second-order valence-corrected chi connectivity index (χ2v) is 4.51. The van der Waals surface area contributed by atoms with Crippen molar-refractivity contribution in [1.29, 1.82) is 0 Å². The molecule has 1 rings (SSSR count). The van der Waals surface area contributed by atoms with E-state index < -0.39 is 12.1 Å². The molecule has 1 atom stereocenters. The summed E-state index contributed by atoms with van der Waals surface area (Å²) >= 11 is 0. The molecule has 1 amide bonds. The van der Waals surface area contributed by atoms with E-state index in [-0.39, 0.29) is 11.8 Å². The fourth-order valence-electron chi connectivity index (χ4n) is 1.43. The van der Waals surface area contributed by atoms with Crippen LogP contribution in [0.3, 0.4) is 0 Å². The number of benzene rings is 1. The number of amides is 1. The van der Waals surface area contributed by atoms with Crippen molar-refractivity contribution in [1.82, 2.24) is 5.32 Å². The highest BCUT2D eigenvalue weighted by atomic mass is 16.5. The van der Waals surface area contributed by atoms with Crippen LogP contribution in [0.4, 0.5) is 4.79 Å². The van der Waals surface area contributed by atoms with Crippen molar-refractivity contribution in [3.8, 4) is 0 Å².